The van der Waals surface area contributed by atoms with E-state index in [1.807, 2.05) is 30.3 Å². The fraction of sp³-hybridized carbons (Fsp3) is 0.0435. The lowest BCUT2D eigenvalue weighted by molar-refractivity contribution is -0.113. The highest BCUT2D eigenvalue weighted by Gasteiger charge is 2.16. The SMILES string of the molecule is O=C(CSc1nnc(-c2ccc(Br)cc2)o1)Nc1ccccc1C(=O)c1ccccc1. The molecule has 1 heterocycles. The molecular formula is C23H16BrN3O3S. The maximum absolute atomic E-state index is 12.8. The number of carbonyl (C=O) groups excluding carboxylic acids is 2. The van der Waals surface area contributed by atoms with Crippen LogP contribution in [-0.2, 0) is 4.79 Å². The van der Waals surface area contributed by atoms with Crippen LogP contribution in [0.3, 0.4) is 0 Å². The van der Waals surface area contributed by atoms with Crippen LogP contribution >= 0.6 is 27.7 Å². The summed E-state index contributed by atoms with van der Waals surface area (Å²) in [6.45, 7) is 0. The number of rotatable bonds is 7. The summed E-state index contributed by atoms with van der Waals surface area (Å²) in [6, 6.07) is 23.4. The summed E-state index contributed by atoms with van der Waals surface area (Å²) >= 11 is 4.51. The monoisotopic (exact) mass is 493 g/mol. The number of hydrogen-bond donors (Lipinski definition) is 1. The molecule has 4 rings (SSSR count). The minimum Gasteiger partial charge on any atom is -0.411 e. The van der Waals surface area contributed by atoms with Crippen LogP contribution in [0.4, 0.5) is 5.69 Å². The second kappa shape index (κ2) is 9.72. The van der Waals surface area contributed by atoms with Gasteiger partial charge in [-0.15, -0.1) is 10.2 Å². The van der Waals surface area contributed by atoms with Crippen LogP contribution in [0.25, 0.3) is 11.5 Å². The van der Waals surface area contributed by atoms with Crippen molar-refractivity contribution in [3.8, 4) is 11.5 Å². The number of para-hydroxylation sites is 1. The Morgan fingerprint density at radius 1 is 0.903 bits per heavy atom. The molecule has 1 aromatic heterocycles. The molecule has 0 unspecified atom stereocenters. The van der Waals surface area contributed by atoms with E-state index < -0.39 is 0 Å². The number of thioether (sulfide) groups is 1. The first-order valence-electron chi connectivity index (χ1n) is 9.31. The van der Waals surface area contributed by atoms with Crippen molar-refractivity contribution in [1.82, 2.24) is 10.2 Å². The largest absolute Gasteiger partial charge is 0.411 e. The number of nitrogens with one attached hydrogen (secondary N) is 1. The third-order valence-electron chi connectivity index (χ3n) is 4.31. The third kappa shape index (κ3) is 5.28. The number of benzene rings is 3. The lowest BCUT2D eigenvalue weighted by atomic mass is 10.0. The van der Waals surface area contributed by atoms with Crippen LogP contribution in [-0.4, -0.2) is 27.6 Å². The average molecular weight is 494 g/mol. The maximum atomic E-state index is 12.8. The van der Waals surface area contributed by atoms with Gasteiger partial charge >= 0.3 is 0 Å². The molecule has 31 heavy (non-hydrogen) atoms. The van der Waals surface area contributed by atoms with Gasteiger partial charge in [-0.2, -0.15) is 0 Å². The topological polar surface area (TPSA) is 85.1 Å². The van der Waals surface area contributed by atoms with Gasteiger partial charge in [0.25, 0.3) is 5.22 Å². The zero-order chi connectivity index (χ0) is 21.6. The molecule has 4 aromatic rings. The first-order valence-corrected chi connectivity index (χ1v) is 11.1. The summed E-state index contributed by atoms with van der Waals surface area (Å²) in [7, 11) is 0. The Hall–Kier alpha value is -3.23. The number of anilines is 1. The van der Waals surface area contributed by atoms with Crippen molar-refractivity contribution >= 4 is 45.1 Å². The van der Waals surface area contributed by atoms with E-state index in [0.717, 1.165) is 21.8 Å². The standard InChI is InChI=1S/C23H16BrN3O3S/c24-17-12-10-16(11-13-17)22-26-27-23(30-22)31-14-20(28)25-19-9-5-4-8-18(19)21(29)15-6-2-1-3-7-15/h1-13H,14H2,(H,25,28). The molecule has 0 aliphatic heterocycles. The van der Waals surface area contributed by atoms with Gasteiger partial charge in [0, 0.05) is 21.2 Å². The second-order valence-corrected chi connectivity index (χ2v) is 8.30. The molecule has 1 amide bonds. The van der Waals surface area contributed by atoms with Crippen LogP contribution in [0.2, 0.25) is 0 Å². The summed E-state index contributed by atoms with van der Waals surface area (Å²) < 4.78 is 6.57. The van der Waals surface area contributed by atoms with Crippen molar-refractivity contribution in [3.63, 3.8) is 0 Å². The Bertz CT molecular complexity index is 1210. The summed E-state index contributed by atoms with van der Waals surface area (Å²) in [5.41, 5.74) is 2.25. The van der Waals surface area contributed by atoms with Gasteiger partial charge in [-0.25, -0.2) is 0 Å². The first kappa shape index (κ1) is 21.0. The molecule has 0 fully saturated rings. The number of halogens is 1. The molecule has 6 nitrogen and oxygen atoms in total. The molecule has 3 aromatic carbocycles. The van der Waals surface area contributed by atoms with Crippen molar-refractivity contribution < 1.29 is 14.0 Å². The van der Waals surface area contributed by atoms with E-state index in [9.17, 15) is 9.59 Å². The number of amides is 1. The Morgan fingerprint density at radius 3 is 2.39 bits per heavy atom. The van der Waals surface area contributed by atoms with Crippen LogP contribution in [0, 0.1) is 0 Å². The smallest absolute Gasteiger partial charge is 0.277 e. The number of hydrogen-bond acceptors (Lipinski definition) is 6. The van der Waals surface area contributed by atoms with Crippen LogP contribution in [0.15, 0.2) is 93.0 Å². The van der Waals surface area contributed by atoms with E-state index >= 15 is 0 Å². The summed E-state index contributed by atoms with van der Waals surface area (Å²) in [6.07, 6.45) is 0. The Labute approximate surface area is 191 Å². The maximum Gasteiger partial charge on any atom is 0.277 e. The Morgan fingerprint density at radius 2 is 1.61 bits per heavy atom. The van der Waals surface area contributed by atoms with Crippen LogP contribution < -0.4 is 5.32 Å². The lowest BCUT2D eigenvalue weighted by Gasteiger charge is -2.10. The molecule has 0 atom stereocenters. The van der Waals surface area contributed by atoms with Crippen molar-refractivity contribution in [2.24, 2.45) is 0 Å². The van der Waals surface area contributed by atoms with Gasteiger partial charge in [0.15, 0.2) is 5.78 Å². The van der Waals surface area contributed by atoms with E-state index in [2.05, 4.69) is 31.4 Å². The third-order valence-corrected chi connectivity index (χ3v) is 5.65. The molecule has 154 valence electrons. The van der Waals surface area contributed by atoms with E-state index in [4.69, 9.17) is 4.42 Å². The Kier molecular flexibility index (Phi) is 6.59. The van der Waals surface area contributed by atoms with Gasteiger partial charge in [0.05, 0.1) is 11.4 Å². The predicted octanol–water partition coefficient (Wildman–Crippen LogP) is 5.46. The normalized spacial score (nSPS) is 10.6. The van der Waals surface area contributed by atoms with Gasteiger partial charge in [0.2, 0.25) is 11.8 Å². The van der Waals surface area contributed by atoms with Gasteiger partial charge in [-0.05, 0) is 36.4 Å². The van der Waals surface area contributed by atoms with Crippen LogP contribution in [0.5, 0.6) is 0 Å². The van der Waals surface area contributed by atoms with Crippen molar-refractivity contribution in [2.75, 3.05) is 11.1 Å². The lowest BCUT2D eigenvalue weighted by Crippen LogP contribution is -2.17. The molecule has 0 aliphatic carbocycles. The van der Waals surface area contributed by atoms with Gasteiger partial charge in [-0.3, -0.25) is 9.59 Å². The molecule has 0 aliphatic rings. The highest BCUT2D eigenvalue weighted by molar-refractivity contribution is 9.10. The summed E-state index contributed by atoms with van der Waals surface area (Å²) in [5.74, 6) is 0.0200. The number of aromatic nitrogens is 2. The number of ketones is 1. The van der Waals surface area contributed by atoms with E-state index in [0.29, 0.717) is 27.9 Å². The first-order chi connectivity index (χ1) is 15.1. The number of nitrogens with zero attached hydrogens (tertiary/aromatic N) is 2. The van der Waals surface area contributed by atoms with Crippen LogP contribution in [0.1, 0.15) is 15.9 Å². The van der Waals surface area contributed by atoms with Crippen molar-refractivity contribution in [2.45, 2.75) is 5.22 Å². The van der Waals surface area contributed by atoms with Gasteiger partial charge in [0.1, 0.15) is 0 Å². The van der Waals surface area contributed by atoms with Crippen molar-refractivity contribution in [3.05, 3.63) is 94.5 Å². The molecule has 0 bridgehead atoms. The predicted molar refractivity (Wildman–Crippen MR) is 123 cm³/mol. The molecule has 8 heteroatoms. The van der Waals surface area contributed by atoms with E-state index in [1.54, 1.807) is 48.5 Å². The molecule has 0 spiro atoms. The summed E-state index contributed by atoms with van der Waals surface area (Å²) in [5, 5.41) is 11.1. The highest BCUT2D eigenvalue weighted by atomic mass is 79.9. The Balaban J connectivity index is 1.40. The van der Waals surface area contributed by atoms with E-state index in [-0.39, 0.29) is 17.4 Å². The molecule has 0 saturated heterocycles. The quantitative estimate of drug-likeness (QED) is 0.271. The molecular weight excluding hydrogens is 478 g/mol. The molecule has 0 radical (unpaired) electrons. The summed E-state index contributed by atoms with van der Waals surface area (Å²) in [4.78, 5) is 25.3. The molecule has 1 N–H and O–H groups in total. The fourth-order valence-electron chi connectivity index (χ4n) is 2.83. The second-order valence-electron chi connectivity index (χ2n) is 6.46. The minimum absolute atomic E-state index is 0.0653. The average Bonchev–Trinajstić information content (AvgIpc) is 3.28. The minimum atomic E-state index is -0.276. The van der Waals surface area contributed by atoms with Gasteiger partial charge < -0.3 is 9.73 Å². The highest BCUT2D eigenvalue weighted by Crippen LogP contribution is 2.25. The van der Waals surface area contributed by atoms with Crippen molar-refractivity contribution in [1.29, 1.82) is 0 Å². The van der Waals surface area contributed by atoms with Gasteiger partial charge in [-0.1, -0.05) is 70.2 Å². The van der Waals surface area contributed by atoms with E-state index in [1.165, 1.54) is 0 Å². The zero-order valence-electron chi connectivity index (χ0n) is 16.1. The fourth-order valence-corrected chi connectivity index (χ4v) is 3.65. The molecule has 0 saturated carbocycles. The zero-order valence-corrected chi connectivity index (χ0v) is 18.5. The number of carbonyl (C=O) groups is 2.